The fourth-order valence-corrected chi connectivity index (χ4v) is 2.55. The Hall–Kier alpha value is -1.05. The van der Waals surface area contributed by atoms with Gasteiger partial charge in [-0.3, -0.25) is 0 Å². The number of benzene rings is 1. The molecular weight excluding hydrogens is 335 g/mol. The normalized spacial score (nSPS) is 13.3. The Morgan fingerprint density at radius 2 is 1.95 bits per heavy atom. The van der Waals surface area contributed by atoms with E-state index in [-0.39, 0.29) is 11.1 Å². The first-order chi connectivity index (χ1) is 9.77. The van der Waals surface area contributed by atoms with E-state index in [1.165, 1.54) is 6.07 Å². The predicted molar refractivity (Wildman–Crippen MR) is 81.8 cm³/mol. The molecule has 3 N–H and O–H groups in total. The summed E-state index contributed by atoms with van der Waals surface area (Å²) < 4.78 is 27.4. The largest absolute Gasteiger partial charge is 0.447 e. The molecular formula is C13H14Cl2N2O3S. The molecule has 0 aliphatic carbocycles. The van der Waals surface area contributed by atoms with Gasteiger partial charge >= 0.3 is 0 Å². The molecule has 5 nitrogen and oxygen atoms in total. The second-order valence-corrected chi connectivity index (χ2v) is 6.85. The van der Waals surface area contributed by atoms with Gasteiger partial charge in [-0.15, -0.1) is 0 Å². The smallest absolute Gasteiger partial charge is 0.271 e. The minimum Gasteiger partial charge on any atom is -0.447 e. The van der Waals surface area contributed by atoms with Crippen molar-refractivity contribution in [3.8, 4) is 0 Å². The molecule has 0 aliphatic heterocycles. The number of halogens is 2. The van der Waals surface area contributed by atoms with Crippen LogP contribution in [-0.2, 0) is 16.6 Å². The minimum absolute atomic E-state index is 0.0113. The van der Waals surface area contributed by atoms with Gasteiger partial charge in [-0.1, -0.05) is 29.3 Å². The molecule has 0 radical (unpaired) electrons. The summed E-state index contributed by atoms with van der Waals surface area (Å²) in [5.41, 5.74) is 0.961. The van der Waals surface area contributed by atoms with E-state index < -0.39 is 10.0 Å². The highest BCUT2D eigenvalue weighted by Gasteiger charge is 2.14. The molecule has 1 aromatic carbocycles. The second kappa shape index (κ2) is 6.37. The van der Waals surface area contributed by atoms with Crippen molar-refractivity contribution in [1.29, 1.82) is 0 Å². The lowest BCUT2D eigenvalue weighted by molar-refractivity contribution is 0.393. The van der Waals surface area contributed by atoms with E-state index in [1.54, 1.807) is 18.2 Å². The summed E-state index contributed by atoms with van der Waals surface area (Å²) in [6, 6.07) is 8.25. The Balaban J connectivity index is 2.02. The molecule has 8 heteroatoms. The predicted octanol–water partition coefficient (Wildman–Crippen LogP) is 3.08. The molecule has 2 aromatic rings. The van der Waals surface area contributed by atoms with Gasteiger partial charge in [-0.05, 0) is 36.8 Å². The Bertz CT molecular complexity index is 744. The summed E-state index contributed by atoms with van der Waals surface area (Å²) in [7, 11) is -3.81. The molecule has 1 atom stereocenters. The minimum atomic E-state index is -3.81. The molecule has 2 rings (SSSR count). The quantitative estimate of drug-likeness (QED) is 0.869. The number of sulfonamides is 1. The van der Waals surface area contributed by atoms with Crippen LogP contribution in [0.4, 0.5) is 0 Å². The van der Waals surface area contributed by atoms with Gasteiger partial charge in [0.1, 0.15) is 5.76 Å². The van der Waals surface area contributed by atoms with E-state index in [4.69, 9.17) is 32.8 Å². The Labute approximate surface area is 133 Å². The van der Waals surface area contributed by atoms with Crippen molar-refractivity contribution in [3.63, 3.8) is 0 Å². The van der Waals surface area contributed by atoms with Gasteiger partial charge in [-0.2, -0.15) is 0 Å². The zero-order valence-corrected chi connectivity index (χ0v) is 13.5. The first-order valence-corrected chi connectivity index (χ1v) is 8.37. The molecule has 0 amide bonds. The fourth-order valence-electron chi connectivity index (χ4n) is 1.76. The lowest BCUT2D eigenvalue weighted by Crippen LogP contribution is -2.17. The van der Waals surface area contributed by atoms with Crippen molar-refractivity contribution in [1.82, 2.24) is 5.32 Å². The van der Waals surface area contributed by atoms with Crippen molar-refractivity contribution < 1.29 is 12.8 Å². The van der Waals surface area contributed by atoms with Gasteiger partial charge in [0.2, 0.25) is 5.09 Å². The van der Waals surface area contributed by atoms with Crippen LogP contribution in [0, 0.1) is 0 Å². The van der Waals surface area contributed by atoms with E-state index in [9.17, 15) is 8.42 Å². The maximum absolute atomic E-state index is 11.1. The molecule has 114 valence electrons. The number of primary sulfonamides is 1. The highest BCUT2D eigenvalue weighted by Crippen LogP contribution is 2.25. The highest BCUT2D eigenvalue weighted by molar-refractivity contribution is 7.89. The van der Waals surface area contributed by atoms with E-state index in [2.05, 4.69) is 5.32 Å². The first-order valence-electron chi connectivity index (χ1n) is 6.07. The Morgan fingerprint density at radius 1 is 1.24 bits per heavy atom. The highest BCUT2D eigenvalue weighted by atomic mass is 35.5. The van der Waals surface area contributed by atoms with Crippen molar-refractivity contribution in [3.05, 3.63) is 51.7 Å². The van der Waals surface area contributed by atoms with Crippen LogP contribution in [0.3, 0.4) is 0 Å². The summed E-state index contributed by atoms with van der Waals surface area (Å²) in [6.07, 6.45) is 0. The molecule has 21 heavy (non-hydrogen) atoms. The van der Waals surface area contributed by atoms with Gasteiger partial charge < -0.3 is 9.73 Å². The first kappa shape index (κ1) is 16.3. The SMILES string of the molecule is CC(NCc1ccc(S(N)(=O)=O)o1)c1ccc(Cl)c(Cl)c1. The molecule has 0 fully saturated rings. The molecule has 1 aromatic heterocycles. The Kier molecular flexibility index (Phi) is 4.95. The lowest BCUT2D eigenvalue weighted by Gasteiger charge is -2.14. The summed E-state index contributed by atoms with van der Waals surface area (Å²) in [6.45, 7) is 2.31. The number of rotatable bonds is 5. The lowest BCUT2D eigenvalue weighted by atomic mass is 10.1. The van der Waals surface area contributed by atoms with Gasteiger partial charge in [0, 0.05) is 6.04 Å². The van der Waals surface area contributed by atoms with E-state index >= 15 is 0 Å². The monoisotopic (exact) mass is 348 g/mol. The van der Waals surface area contributed by atoms with E-state index in [0.717, 1.165) is 5.56 Å². The van der Waals surface area contributed by atoms with Crippen molar-refractivity contribution in [2.24, 2.45) is 5.14 Å². The van der Waals surface area contributed by atoms with Crippen LogP contribution in [0.2, 0.25) is 10.0 Å². The van der Waals surface area contributed by atoms with Crippen molar-refractivity contribution >= 4 is 33.2 Å². The summed E-state index contributed by atoms with van der Waals surface area (Å²) in [5, 5.41) is 8.91. The van der Waals surface area contributed by atoms with Crippen LogP contribution in [0.1, 0.15) is 24.3 Å². The molecule has 0 bridgehead atoms. The third kappa shape index (κ3) is 4.21. The summed E-state index contributed by atoms with van der Waals surface area (Å²) in [4.78, 5) is 0. The van der Waals surface area contributed by atoms with E-state index in [1.807, 2.05) is 13.0 Å². The van der Waals surface area contributed by atoms with Crippen molar-refractivity contribution in [2.75, 3.05) is 0 Å². The van der Waals surface area contributed by atoms with Crippen LogP contribution >= 0.6 is 23.2 Å². The van der Waals surface area contributed by atoms with Crippen LogP contribution < -0.4 is 10.5 Å². The average molecular weight is 349 g/mol. The molecule has 1 heterocycles. The maximum atomic E-state index is 11.1. The standard InChI is InChI=1S/C13H14Cl2N2O3S/c1-8(9-2-4-11(14)12(15)6-9)17-7-10-3-5-13(20-10)21(16,18)19/h2-6,8,17H,7H2,1H3,(H2,16,18,19). The van der Waals surface area contributed by atoms with Gasteiger partial charge in [0.05, 0.1) is 16.6 Å². The zero-order valence-electron chi connectivity index (χ0n) is 11.1. The second-order valence-electron chi connectivity index (χ2n) is 4.54. The van der Waals surface area contributed by atoms with Crippen LogP contribution in [-0.4, -0.2) is 8.42 Å². The van der Waals surface area contributed by atoms with Gasteiger partial charge in [0.25, 0.3) is 10.0 Å². The third-order valence-corrected chi connectivity index (χ3v) is 4.46. The number of nitrogens with two attached hydrogens (primary N) is 1. The third-order valence-electron chi connectivity index (χ3n) is 2.94. The topological polar surface area (TPSA) is 85.3 Å². The number of hydrogen-bond acceptors (Lipinski definition) is 4. The summed E-state index contributed by atoms with van der Waals surface area (Å²) in [5.74, 6) is 0.478. The van der Waals surface area contributed by atoms with Gasteiger partial charge in [0.15, 0.2) is 0 Å². The zero-order chi connectivity index (χ0) is 15.6. The number of furan rings is 1. The van der Waals surface area contributed by atoms with Crippen LogP contribution in [0.15, 0.2) is 39.8 Å². The molecule has 1 unspecified atom stereocenters. The summed E-state index contributed by atoms with van der Waals surface area (Å²) >= 11 is 11.8. The fraction of sp³-hybridized carbons (Fsp3) is 0.231. The molecule has 0 spiro atoms. The molecule has 0 aliphatic rings. The van der Waals surface area contributed by atoms with Crippen LogP contribution in [0.5, 0.6) is 0 Å². The average Bonchev–Trinajstić information content (AvgIpc) is 2.88. The molecule has 0 saturated carbocycles. The van der Waals surface area contributed by atoms with Gasteiger partial charge in [-0.25, -0.2) is 13.6 Å². The van der Waals surface area contributed by atoms with E-state index in [0.29, 0.717) is 22.4 Å². The van der Waals surface area contributed by atoms with Crippen LogP contribution in [0.25, 0.3) is 0 Å². The number of hydrogen-bond donors (Lipinski definition) is 2. The van der Waals surface area contributed by atoms with Crippen molar-refractivity contribution in [2.45, 2.75) is 24.6 Å². The maximum Gasteiger partial charge on any atom is 0.271 e. The molecule has 0 saturated heterocycles. The number of nitrogens with one attached hydrogen (secondary N) is 1. The Morgan fingerprint density at radius 3 is 2.52 bits per heavy atom.